The molecule has 2 rings (SSSR count). The van der Waals surface area contributed by atoms with Gasteiger partial charge in [-0.15, -0.1) is 0 Å². The molecule has 6 heteroatoms. The third-order valence-corrected chi connectivity index (χ3v) is 3.01. The molecule has 1 aliphatic rings. The molecule has 0 saturated carbocycles. The highest BCUT2D eigenvalue weighted by Gasteiger charge is 2.21. The predicted molar refractivity (Wildman–Crippen MR) is 66.9 cm³/mol. The van der Waals surface area contributed by atoms with Crippen LogP contribution >= 0.6 is 22.6 Å². The molecular formula is C10H12IN3O2. The van der Waals surface area contributed by atoms with Crippen molar-refractivity contribution in [2.75, 3.05) is 18.5 Å². The van der Waals surface area contributed by atoms with Gasteiger partial charge >= 0.3 is 0 Å². The summed E-state index contributed by atoms with van der Waals surface area (Å²) in [5.74, 6) is 0.477. The van der Waals surface area contributed by atoms with Crippen LogP contribution in [0.4, 0.5) is 5.82 Å². The van der Waals surface area contributed by atoms with Gasteiger partial charge in [-0.1, -0.05) is 0 Å². The minimum atomic E-state index is -0.0543. The number of hydrogen-bond acceptors (Lipinski definition) is 4. The molecule has 1 aromatic heterocycles. The molecule has 16 heavy (non-hydrogen) atoms. The van der Waals surface area contributed by atoms with Crippen molar-refractivity contribution < 1.29 is 9.53 Å². The molecule has 0 radical (unpaired) electrons. The van der Waals surface area contributed by atoms with Gasteiger partial charge in [-0.25, -0.2) is 9.97 Å². The second-order valence-electron chi connectivity index (χ2n) is 3.63. The number of carbonyl (C=O) groups excluding carboxylic acids is 1. The molecule has 0 aliphatic carbocycles. The summed E-state index contributed by atoms with van der Waals surface area (Å²) in [5.41, 5.74) is 0. The average Bonchev–Trinajstić information content (AvgIpc) is 2.30. The maximum Gasteiger partial charge on any atom is 0.230 e. The van der Waals surface area contributed by atoms with Gasteiger partial charge < -0.3 is 10.1 Å². The van der Waals surface area contributed by atoms with Crippen LogP contribution in [0, 0.1) is 9.62 Å². The minimum absolute atomic E-state index is 0.0193. The van der Waals surface area contributed by atoms with Gasteiger partial charge in [0, 0.05) is 12.7 Å². The van der Waals surface area contributed by atoms with Gasteiger partial charge in [0.2, 0.25) is 5.91 Å². The summed E-state index contributed by atoms with van der Waals surface area (Å²) >= 11 is 2.08. The molecule has 1 fully saturated rings. The van der Waals surface area contributed by atoms with Crippen molar-refractivity contribution >= 4 is 34.3 Å². The molecule has 1 atom stereocenters. The zero-order valence-electron chi connectivity index (χ0n) is 8.65. The summed E-state index contributed by atoms with van der Waals surface area (Å²) in [7, 11) is 0. The van der Waals surface area contributed by atoms with Crippen molar-refractivity contribution in [2.24, 2.45) is 5.92 Å². The van der Waals surface area contributed by atoms with Crippen LogP contribution < -0.4 is 5.32 Å². The first-order chi connectivity index (χ1) is 7.75. The van der Waals surface area contributed by atoms with E-state index in [0.29, 0.717) is 12.4 Å². The standard InChI is InChI=1S/C10H12IN3O2/c11-8-4-9(13-6-12-8)14-10(15)7-2-1-3-16-5-7/h4,6-7H,1-3,5H2,(H,12,13,14,15). The Hall–Kier alpha value is -0.760. The Balaban J connectivity index is 1.96. The molecule has 0 spiro atoms. The highest BCUT2D eigenvalue weighted by molar-refractivity contribution is 14.1. The molecule has 2 heterocycles. The summed E-state index contributed by atoms with van der Waals surface area (Å²) in [6.07, 6.45) is 3.27. The summed E-state index contributed by atoms with van der Waals surface area (Å²) in [5, 5.41) is 2.78. The lowest BCUT2D eigenvalue weighted by Crippen LogP contribution is -2.30. The Morgan fingerprint density at radius 2 is 2.44 bits per heavy atom. The monoisotopic (exact) mass is 333 g/mol. The number of nitrogens with zero attached hydrogens (tertiary/aromatic N) is 2. The van der Waals surface area contributed by atoms with Gasteiger partial charge in [-0.2, -0.15) is 0 Å². The largest absolute Gasteiger partial charge is 0.381 e. The van der Waals surface area contributed by atoms with Gasteiger partial charge in [0.05, 0.1) is 12.5 Å². The van der Waals surface area contributed by atoms with E-state index >= 15 is 0 Å². The van der Waals surface area contributed by atoms with E-state index in [9.17, 15) is 4.79 Å². The number of anilines is 1. The third-order valence-electron chi connectivity index (χ3n) is 2.42. The Bertz CT molecular complexity index is 380. The molecule has 0 aromatic carbocycles. The Morgan fingerprint density at radius 1 is 1.56 bits per heavy atom. The number of nitrogens with one attached hydrogen (secondary N) is 1. The second kappa shape index (κ2) is 5.53. The lowest BCUT2D eigenvalue weighted by molar-refractivity contribution is -0.123. The number of halogens is 1. The van der Waals surface area contributed by atoms with Crippen LogP contribution in [0.3, 0.4) is 0 Å². The summed E-state index contributed by atoms with van der Waals surface area (Å²) in [4.78, 5) is 19.8. The van der Waals surface area contributed by atoms with E-state index in [1.165, 1.54) is 6.33 Å². The fourth-order valence-corrected chi connectivity index (χ4v) is 2.00. The fourth-order valence-electron chi connectivity index (χ4n) is 1.58. The molecular weight excluding hydrogens is 321 g/mol. The van der Waals surface area contributed by atoms with E-state index in [1.807, 2.05) is 0 Å². The highest BCUT2D eigenvalue weighted by atomic mass is 127. The van der Waals surface area contributed by atoms with E-state index < -0.39 is 0 Å². The van der Waals surface area contributed by atoms with E-state index in [1.54, 1.807) is 6.07 Å². The molecule has 1 aromatic rings. The van der Waals surface area contributed by atoms with Gasteiger partial charge in [0.1, 0.15) is 15.8 Å². The van der Waals surface area contributed by atoms with Crippen molar-refractivity contribution in [3.05, 3.63) is 16.1 Å². The number of carbonyl (C=O) groups is 1. The maximum atomic E-state index is 11.8. The SMILES string of the molecule is O=C(Nc1cc(I)ncn1)C1CCCOC1. The lowest BCUT2D eigenvalue weighted by Gasteiger charge is -2.20. The van der Waals surface area contributed by atoms with Gasteiger partial charge in [0.25, 0.3) is 0 Å². The van der Waals surface area contributed by atoms with Crippen molar-refractivity contribution in [1.82, 2.24) is 9.97 Å². The predicted octanol–water partition coefficient (Wildman–Crippen LogP) is 1.45. The van der Waals surface area contributed by atoms with Crippen molar-refractivity contribution in [3.8, 4) is 0 Å². The topological polar surface area (TPSA) is 64.1 Å². The van der Waals surface area contributed by atoms with Crippen LogP contribution in [-0.2, 0) is 9.53 Å². The number of rotatable bonds is 2. The van der Waals surface area contributed by atoms with Crippen LogP contribution in [0.5, 0.6) is 0 Å². The maximum absolute atomic E-state index is 11.8. The quantitative estimate of drug-likeness (QED) is 0.657. The van der Waals surface area contributed by atoms with Crippen LogP contribution in [-0.4, -0.2) is 29.1 Å². The van der Waals surface area contributed by atoms with Crippen LogP contribution in [0.25, 0.3) is 0 Å². The fraction of sp³-hybridized carbons (Fsp3) is 0.500. The lowest BCUT2D eigenvalue weighted by atomic mass is 10.0. The Kier molecular flexibility index (Phi) is 4.05. The molecule has 1 unspecified atom stereocenters. The van der Waals surface area contributed by atoms with Crippen LogP contribution in [0.2, 0.25) is 0 Å². The van der Waals surface area contributed by atoms with Crippen LogP contribution in [0.15, 0.2) is 12.4 Å². The first kappa shape index (κ1) is 11.7. The van der Waals surface area contributed by atoms with Crippen molar-refractivity contribution in [1.29, 1.82) is 0 Å². The molecule has 1 N–H and O–H groups in total. The molecule has 1 aliphatic heterocycles. The smallest absolute Gasteiger partial charge is 0.230 e. The first-order valence-electron chi connectivity index (χ1n) is 5.12. The molecule has 86 valence electrons. The van der Waals surface area contributed by atoms with E-state index in [0.717, 1.165) is 23.1 Å². The zero-order chi connectivity index (χ0) is 11.4. The van der Waals surface area contributed by atoms with E-state index in [2.05, 4.69) is 37.9 Å². The van der Waals surface area contributed by atoms with E-state index in [-0.39, 0.29) is 11.8 Å². The number of amides is 1. The van der Waals surface area contributed by atoms with Crippen molar-refractivity contribution in [3.63, 3.8) is 0 Å². The Morgan fingerprint density at radius 3 is 3.12 bits per heavy atom. The van der Waals surface area contributed by atoms with Gasteiger partial charge in [-0.05, 0) is 35.4 Å². The highest BCUT2D eigenvalue weighted by Crippen LogP contribution is 2.16. The third kappa shape index (κ3) is 3.11. The summed E-state index contributed by atoms with van der Waals surface area (Å²) in [6, 6.07) is 1.74. The van der Waals surface area contributed by atoms with Gasteiger partial charge in [0.15, 0.2) is 0 Å². The molecule has 5 nitrogen and oxygen atoms in total. The number of ether oxygens (including phenoxy) is 1. The first-order valence-corrected chi connectivity index (χ1v) is 6.20. The molecule has 0 bridgehead atoms. The minimum Gasteiger partial charge on any atom is -0.381 e. The van der Waals surface area contributed by atoms with Crippen LogP contribution in [0.1, 0.15) is 12.8 Å². The molecule has 1 saturated heterocycles. The van der Waals surface area contributed by atoms with Gasteiger partial charge in [-0.3, -0.25) is 4.79 Å². The Labute approximate surface area is 107 Å². The second-order valence-corrected chi connectivity index (χ2v) is 4.73. The number of aromatic nitrogens is 2. The summed E-state index contributed by atoms with van der Waals surface area (Å²) < 4.78 is 6.08. The molecule has 1 amide bonds. The number of hydrogen-bond donors (Lipinski definition) is 1. The summed E-state index contributed by atoms with van der Waals surface area (Å²) in [6.45, 7) is 1.27. The van der Waals surface area contributed by atoms with E-state index in [4.69, 9.17) is 4.74 Å². The average molecular weight is 333 g/mol. The normalized spacial score (nSPS) is 20.4. The zero-order valence-corrected chi connectivity index (χ0v) is 10.8. The van der Waals surface area contributed by atoms with Crippen molar-refractivity contribution in [2.45, 2.75) is 12.8 Å².